The van der Waals surface area contributed by atoms with Crippen LogP contribution in [0.25, 0.3) is 11.0 Å². The quantitative estimate of drug-likeness (QED) is 0.676. The van der Waals surface area contributed by atoms with Crippen LogP contribution in [0.2, 0.25) is 5.15 Å². The lowest BCUT2D eigenvalue weighted by molar-refractivity contribution is -0.142. The number of aryl methyl sites for hydroxylation is 1. The lowest BCUT2D eigenvalue weighted by Gasteiger charge is -1.99. The topological polar surface area (TPSA) is 67.9 Å². The number of nitrogens with one attached hydrogen (secondary N) is 1. The fraction of sp³-hybridized carbons (Fsp3) is 0.462. The van der Waals surface area contributed by atoms with Crippen LogP contribution in [0.15, 0.2) is 6.07 Å². The van der Waals surface area contributed by atoms with Crippen LogP contribution in [0.4, 0.5) is 0 Å². The van der Waals surface area contributed by atoms with Gasteiger partial charge in [0, 0.05) is 6.07 Å². The van der Waals surface area contributed by atoms with Gasteiger partial charge in [0.15, 0.2) is 0 Å². The summed E-state index contributed by atoms with van der Waals surface area (Å²) in [5.41, 5.74) is 2.45. The minimum Gasteiger partial charge on any atom is -0.466 e. The molecule has 1 N–H and O–H groups in total. The summed E-state index contributed by atoms with van der Waals surface area (Å²) in [4.78, 5) is 23.2. The van der Waals surface area contributed by atoms with Crippen LogP contribution in [0.5, 0.6) is 0 Å². The Morgan fingerprint density at radius 3 is 2.89 bits per heavy atom. The molecule has 0 aliphatic rings. The smallest absolute Gasteiger partial charge is 0.313 e. The number of imidazole rings is 1. The Labute approximate surface area is 116 Å². The monoisotopic (exact) mass is 281 g/mol. The van der Waals surface area contributed by atoms with E-state index in [4.69, 9.17) is 16.3 Å². The molecule has 0 radical (unpaired) electrons. The molecule has 2 aromatic rings. The number of H-pyrrole nitrogens is 1. The molecular weight excluding hydrogens is 266 g/mol. The fourth-order valence-electron chi connectivity index (χ4n) is 1.94. The highest BCUT2D eigenvalue weighted by molar-refractivity contribution is 6.30. The average molecular weight is 282 g/mol. The summed E-state index contributed by atoms with van der Waals surface area (Å²) in [5, 5.41) is 0.433. The number of halogens is 1. The molecule has 0 fully saturated rings. The zero-order valence-electron chi connectivity index (χ0n) is 11.0. The molecule has 0 unspecified atom stereocenters. The van der Waals surface area contributed by atoms with E-state index in [9.17, 15) is 4.79 Å². The number of carbonyl (C=O) groups excluding carboxylic acids is 1. The molecule has 0 bridgehead atoms. The summed E-state index contributed by atoms with van der Waals surface area (Å²) in [6.07, 6.45) is 1.90. The third kappa shape index (κ3) is 3.23. The fourth-order valence-corrected chi connectivity index (χ4v) is 2.15. The highest BCUT2D eigenvalue weighted by Crippen LogP contribution is 2.20. The third-order valence-electron chi connectivity index (χ3n) is 2.66. The van der Waals surface area contributed by atoms with Gasteiger partial charge in [-0.05, 0) is 13.3 Å². The van der Waals surface area contributed by atoms with Gasteiger partial charge >= 0.3 is 5.97 Å². The molecule has 0 aromatic carbocycles. The molecule has 2 heterocycles. The van der Waals surface area contributed by atoms with Gasteiger partial charge in [0.05, 0.1) is 17.8 Å². The molecule has 102 valence electrons. The SMILES string of the molecule is CCCc1nc(Cl)cc2[nH]c(CC(=O)OCC)nc12. The Morgan fingerprint density at radius 1 is 1.42 bits per heavy atom. The highest BCUT2D eigenvalue weighted by Gasteiger charge is 2.13. The Balaban J connectivity index is 2.33. The van der Waals surface area contributed by atoms with Crippen molar-refractivity contribution in [3.05, 3.63) is 22.7 Å². The van der Waals surface area contributed by atoms with E-state index in [0.29, 0.717) is 17.6 Å². The number of nitrogens with zero attached hydrogens (tertiary/aromatic N) is 2. The third-order valence-corrected chi connectivity index (χ3v) is 2.86. The molecule has 0 spiro atoms. The van der Waals surface area contributed by atoms with E-state index in [1.54, 1.807) is 13.0 Å². The van der Waals surface area contributed by atoms with Gasteiger partial charge in [-0.3, -0.25) is 4.79 Å². The van der Waals surface area contributed by atoms with Crippen molar-refractivity contribution in [3.8, 4) is 0 Å². The molecular formula is C13H16ClN3O2. The molecule has 0 aliphatic carbocycles. The number of hydrogen-bond acceptors (Lipinski definition) is 4. The first-order valence-corrected chi connectivity index (χ1v) is 6.71. The second-order valence-corrected chi connectivity index (χ2v) is 4.59. The summed E-state index contributed by atoms with van der Waals surface area (Å²) in [6.45, 7) is 4.22. The van der Waals surface area contributed by atoms with Gasteiger partial charge in [0.1, 0.15) is 22.9 Å². The molecule has 0 saturated heterocycles. The summed E-state index contributed by atoms with van der Waals surface area (Å²) >= 11 is 5.97. The van der Waals surface area contributed by atoms with Gasteiger partial charge in [-0.2, -0.15) is 0 Å². The van der Waals surface area contributed by atoms with Crippen LogP contribution in [0, 0.1) is 0 Å². The van der Waals surface area contributed by atoms with E-state index in [1.807, 2.05) is 0 Å². The van der Waals surface area contributed by atoms with E-state index in [-0.39, 0.29) is 12.4 Å². The Hall–Kier alpha value is -1.62. The largest absolute Gasteiger partial charge is 0.466 e. The molecule has 2 rings (SSSR count). The van der Waals surface area contributed by atoms with Gasteiger partial charge in [0.2, 0.25) is 0 Å². The lowest BCUT2D eigenvalue weighted by Crippen LogP contribution is -2.08. The first-order valence-electron chi connectivity index (χ1n) is 6.33. The maximum atomic E-state index is 11.4. The van der Waals surface area contributed by atoms with Crippen LogP contribution in [0.1, 0.15) is 31.8 Å². The molecule has 0 saturated carbocycles. The standard InChI is InChI=1S/C13H16ClN3O2/c1-3-5-8-13-9(6-10(14)15-8)16-11(17-13)7-12(18)19-4-2/h6H,3-5,7H2,1-2H3,(H,16,17). The number of ether oxygens (including phenoxy) is 1. The van der Waals surface area contributed by atoms with Gasteiger partial charge in [-0.15, -0.1) is 0 Å². The van der Waals surface area contributed by atoms with Crippen molar-refractivity contribution in [2.24, 2.45) is 0 Å². The van der Waals surface area contributed by atoms with Crippen LogP contribution in [0.3, 0.4) is 0 Å². The van der Waals surface area contributed by atoms with Gasteiger partial charge in [0.25, 0.3) is 0 Å². The molecule has 0 atom stereocenters. The van der Waals surface area contributed by atoms with Crippen molar-refractivity contribution in [1.82, 2.24) is 15.0 Å². The highest BCUT2D eigenvalue weighted by atomic mass is 35.5. The van der Waals surface area contributed by atoms with Crippen LogP contribution >= 0.6 is 11.6 Å². The van der Waals surface area contributed by atoms with Crippen molar-refractivity contribution in [2.45, 2.75) is 33.1 Å². The number of hydrogen-bond donors (Lipinski definition) is 1. The van der Waals surface area contributed by atoms with Crippen molar-refractivity contribution >= 4 is 28.6 Å². The summed E-state index contributed by atoms with van der Waals surface area (Å²) in [7, 11) is 0. The van der Waals surface area contributed by atoms with Crippen molar-refractivity contribution in [2.75, 3.05) is 6.61 Å². The number of rotatable bonds is 5. The first-order chi connectivity index (χ1) is 9.13. The summed E-state index contributed by atoms with van der Waals surface area (Å²) in [5.74, 6) is 0.285. The summed E-state index contributed by atoms with van der Waals surface area (Å²) in [6, 6.07) is 1.72. The van der Waals surface area contributed by atoms with E-state index in [2.05, 4.69) is 21.9 Å². The molecule has 5 nitrogen and oxygen atoms in total. The maximum Gasteiger partial charge on any atom is 0.313 e. The molecule has 0 amide bonds. The number of aromatic nitrogens is 3. The molecule has 2 aromatic heterocycles. The summed E-state index contributed by atoms with van der Waals surface area (Å²) < 4.78 is 4.90. The van der Waals surface area contributed by atoms with Crippen LogP contribution < -0.4 is 0 Å². The van der Waals surface area contributed by atoms with Crippen LogP contribution in [-0.2, 0) is 22.4 Å². The number of pyridine rings is 1. The van der Waals surface area contributed by atoms with Crippen molar-refractivity contribution in [3.63, 3.8) is 0 Å². The Bertz CT molecular complexity index is 595. The number of esters is 1. The maximum absolute atomic E-state index is 11.4. The lowest BCUT2D eigenvalue weighted by atomic mass is 10.2. The minimum absolute atomic E-state index is 0.131. The zero-order chi connectivity index (χ0) is 13.8. The zero-order valence-corrected chi connectivity index (χ0v) is 11.8. The Kier molecular flexibility index (Phi) is 4.37. The normalized spacial score (nSPS) is 10.9. The van der Waals surface area contributed by atoms with Gasteiger partial charge in [-0.25, -0.2) is 9.97 Å². The van der Waals surface area contributed by atoms with Gasteiger partial charge in [-0.1, -0.05) is 24.9 Å². The van der Waals surface area contributed by atoms with E-state index >= 15 is 0 Å². The Morgan fingerprint density at radius 2 is 2.21 bits per heavy atom. The number of aromatic amines is 1. The van der Waals surface area contributed by atoms with Crippen molar-refractivity contribution < 1.29 is 9.53 Å². The number of fused-ring (bicyclic) bond motifs is 1. The van der Waals surface area contributed by atoms with E-state index in [1.165, 1.54) is 0 Å². The van der Waals surface area contributed by atoms with Gasteiger partial charge < -0.3 is 9.72 Å². The molecule has 6 heteroatoms. The number of carbonyl (C=O) groups is 1. The first kappa shape index (κ1) is 13.8. The predicted octanol–water partition coefficient (Wildman–Crippen LogP) is 2.67. The average Bonchev–Trinajstić information content (AvgIpc) is 2.71. The molecule has 19 heavy (non-hydrogen) atoms. The predicted molar refractivity (Wildman–Crippen MR) is 73.2 cm³/mol. The minimum atomic E-state index is -0.294. The van der Waals surface area contributed by atoms with E-state index in [0.717, 1.165) is 29.6 Å². The second kappa shape index (κ2) is 6.02. The van der Waals surface area contributed by atoms with Crippen molar-refractivity contribution in [1.29, 1.82) is 0 Å². The molecule has 0 aliphatic heterocycles. The van der Waals surface area contributed by atoms with Crippen LogP contribution in [-0.4, -0.2) is 27.5 Å². The second-order valence-electron chi connectivity index (χ2n) is 4.20. The van der Waals surface area contributed by atoms with E-state index < -0.39 is 0 Å².